The molecule has 0 fully saturated rings. The van der Waals surface area contributed by atoms with Gasteiger partial charge >= 0.3 is 0 Å². The van der Waals surface area contributed by atoms with Crippen LogP contribution in [0.1, 0.15) is 44.6 Å². The van der Waals surface area contributed by atoms with Gasteiger partial charge in [0.1, 0.15) is 16.2 Å². The minimum Gasteiger partial charge on any atom is -0.350 e. The molecule has 0 radical (unpaired) electrons. The van der Waals surface area contributed by atoms with E-state index in [9.17, 15) is 9.59 Å². The Bertz CT molecular complexity index is 888. The quantitative estimate of drug-likeness (QED) is 0.593. The molecule has 1 N–H and O–H groups in total. The molecule has 2 heterocycles. The zero-order valence-electron chi connectivity index (χ0n) is 17.2. The normalized spacial score (nSPS) is 16.7. The summed E-state index contributed by atoms with van der Waals surface area (Å²) in [6.45, 7) is 8.11. The van der Waals surface area contributed by atoms with E-state index in [0.29, 0.717) is 5.92 Å². The van der Waals surface area contributed by atoms with Crippen LogP contribution in [0.25, 0.3) is 10.2 Å². The number of rotatable bonds is 5. The van der Waals surface area contributed by atoms with Crippen molar-refractivity contribution in [2.45, 2.75) is 57.5 Å². The average Bonchev–Trinajstić information content (AvgIpc) is 2.95. The molecule has 152 valence electrons. The lowest BCUT2D eigenvalue weighted by Crippen LogP contribution is -2.46. The van der Waals surface area contributed by atoms with Gasteiger partial charge in [0.05, 0.1) is 12.3 Å². The van der Waals surface area contributed by atoms with E-state index in [1.165, 1.54) is 33.5 Å². The van der Waals surface area contributed by atoms with Crippen LogP contribution in [0.4, 0.5) is 0 Å². The van der Waals surface area contributed by atoms with Gasteiger partial charge in [-0.15, -0.1) is 11.3 Å². The van der Waals surface area contributed by atoms with Crippen molar-refractivity contribution in [1.29, 1.82) is 0 Å². The molecule has 2 aromatic rings. The summed E-state index contributed by atoms with van der Waals surface area (Å²) in [6.07, 6.45) is 4.92. The molecule has 3 rings (SSSR count). The first-order valence-electron chi connectivity index (χ1n) is 9.57. The van der Waals surface area contributed by atoms with Gasteiger partial charge in [-0.1, -0.05) is 18.7 Å². The Labute approximate surface area is 174 Å². The third-order valence-corrected chi connectivity index (χ3v) is 6.85. The van der Waals surface area contributed by atoms with Gasteiger partial charge in [0.25, 0.3) is 0 Å². The number of carbonyl (C=O) groups excluding carboxylic acids is 2. The summed E-state index contributed by atoms with van der Waals surface area (Å²) in [4.78, 5) is 37.4. The first-order valence-corrected chi connectivity index (χ1v) is 11.4. The molecule has 0 spiro atoms. The van der Waals surface area contributed by atoms with Crippen molar-refractivity contribution in [2.75, 3.05) is 19.3 Å². The Morgan fingerprint density at radius 3 is 2.82 bits per heavy atom. The molecule has 0 aromatic carbocycles. The van der Waals surface area contributed by atoms with Crippen LogP contribution >= 0.6 is 23.1 Å². The Morgan fingerprint density at radius 2 is 2.11 bits per heavy atom. The van der Waals surface area contributed by atoms with Crippen LogP contribution in [-0.4, -0.2) is 51.6 Å². The molecule has 2 amide bonds. The van der Waals surface area contributed by atoms with Crippen molar-refractivity contribution in [1.82, 2.24) is 20.2 Å². The maximum Gasteiger partial charge on any atom is 0.240 e. The summed E-state index contributed by atoms with van der Waals surface area (Å²) >= 11 is 3.20. The molecule has 8 heteroatoms. The number of thioether (sulfide) groups is 1. The molecule has 1 atom stereocenters. The number of hydrogen-bond acceptors (Lipinski definition) is 6. The molecule has 6 nitrogen and oxygen atoms in total. The smallest absolute Gasteiger partial charge is 0.240 e. The van der Waals surface area contributed by atoms with E-state index in [0.717, 1.165) is 28.1 Å². The Balaban J connectivity index is 1.67. The molecular formula is C20H28N4O2S2. The summed E-state index contributed by atoms with van der Waals surface area (Å²) in [5.74, 6) is 0.725. The lowest BCUT2D eigenvalue weighted by atomic mass is 9.89. The van der Waals surface area contributed by atoms with Crippen molar-refractivity contribution >= 4 is 45.1 Å². The van der Waals surface area contributed by atoms with E-state index in [1.54, 1.807) is 24.7 Å². The SMILES string of the molecule is C[C@H]1CCc2c(sc3ncnc(SCC(=O)N(C)CC(=O)NC(C)(C)C)c23)C1. The monoisotopic (exact) mass is 420 g/mol. The van der Waals surface area contributed by atoms with Crippen LogP contribution in [0.15, 0.2) is 11.4 Å². The van der Waals surface area contributed by atoms with Crippen LogP contribution in [0.2, 0.25) is 0 Å². The number of likely N-dealkylation sites (N-methyl/N-ethyl adjacent to an activating group) is 1. The molecule has 28 heavy (non-hydrogen) atoms. The van der Waals surface area contributed by atoms with Gasteiger partial charge in [0.15, 0.2) is 0 Å². The lowest BCUT2D eigenvalue weighted by Gasteiger charge is -2.23. The molecular weight excluding hydrogens is 392 g/mol. The van der Waals surface area contributed by atoms with Crippen molar-refractivity contribution in [2.24, 2.45) is 5.92 Å². The number of amides is 2. The molecule has 0 aliphatic heterocycles. The van der Waals surface area contributed by atoms with Crippen molar-refractivity contribution in [3.8, 4) is 0 Å². The maximum atomic E-state index is 12.5. The summed E-state index contributed by atoms with van der Waals surface area (Å²) in [7, 11) is 1.66. The van der Waals surface area contributed by atoms with Crippen molar-refractivity contribution < 1.29 is 9.59 Å². The molecule has 1 aliphatic rings. The van der Waals surface area contributed by atoms with Gasteiger partial charge in [-0.25, -0.2) is 9.97 Å². The molecule has 0 saturated carbocycles. The number of fused-ring (bicyclic) bond motifs is 3. The lowest BCUT2D eigenvalue weighted by molar-refractivity contribution is -0.133. The second-order valence-electron chi connectivity index (χ2n) is 8.55. The van der Waals surface area contributed by atoms with Gasteiger partial charge in [-0.05, 0) is 51.5 Å². The van der Waals surface area contributed by atoms with E-state index in [4.69, 9.17) is 0 Å². The summed E-state index contributed by atoms with van der Waals surface area (Å²) in [6, 6.07) is 0. The minimum absolute atomic E-state index is 0.0571. The van der Waals surface area contributed by atoms with E-state index >= 15 is 0 Å². The summed E-state index contributed by atoms with van der Waals surface area (Å²) in [5.41, 5.74) is 1.06. The number of nitrogens with one attached hydrogen (secondary N) is 1. The van der Waals surface area contributed by atoms with Crippen LogP contribution in [0.5, 0.6) is 0 Å². The summed E-state index contributed by atoms with van der Waals surface area (Å²) in [5, 5.41) is 4.88. The van der Waals surface area contributed by atoms with Gasteiger partial charge in [-0.3, -0.25) is 9.59 Å². The van der Waals surface area contributed by atoms with Crippen molar-refractivity contribution in [3.63, 3.8) is 0 Å². The largest absolute Gasteiger partial charge is 0.350 e. The highest BCUT2D eigenvalue weighted by atomic mass is 32.2. The van der Waals surface area contributed by atoms with Gasteiger partial charge in [0.2, 0.25) is 11.8 Å². The number of aromatic nitrogens is 2. The second-order valence-corrected chi connectivity index (χ2v) is 10.6. The zero-order chi connectivity index (χ0) is 20.5. The van der Waals surface area contributed by atoms with Gasteiger partial charge < -0.3 is 10.2 Å². The first-order chi connectivity index (χ1) is 13.1. The molecule has 1 aliphatic carbocycles. The highest BCUT2D eigenvalue weighted by Crippen LogP contribution is 2.40. The fourth-order valence-electron chi connectivity index (χ4n) is 3.36. The third kappa shape index (κ3) is 5.03. The average molecular weight is 421 g/mol. The maximum absolute atomic E-state index is 12.5. The number of nitrogens with zero attached hydrogens (tertiary/aromatic N) is 3. The Hall–Kier alpha value is -1.67. The third-order valence-electron chi connectivity index (χ3n) is 4.71. The van der Waals surface area contributed by atoms with E-state index in [2.05, 4.69) is 22.2 Å². The Kier molecular flexibility index (Phi) is 6.29. The second kappa shape index (κ2) is 8.37. The van der Waals surface area contributed by atoms with Crippen LogP contribution < -0.4 is 5.32 Å². The first kappa shape index (κ1) is 21.0. The van der Waals surface area contributed by atoms with Gasteiger partial charge in [-0.2, -0.15) is 0 Å². The highest BCUT2D eigenvalue weighted by molar-refractivity contribution is 8.00. The van der Waals surface area contributed by atoms with Crippen LogP contribution in [-0.2, 0) is 22.4 Å². The fraction of sp³-hybridized carbons (Fsp3) is 0.600. The molecule has 0 saturated heterocycles. The zero-order valence-corrected chi connectivity index (χ0v) is 18.8. The number of carbonyl (C=O) groups is 2. The topological polar surface area (TPSA) is 75.2 Å². The fourth-order valence-corrected chi connectivity index (χ4v) is 5.74. The number of thiophene rings is 1. The van der Waals surface area contributed by atoms with E-state index in [1.807, 2.05) is 20.8 Å². The van der Waals surface area contributed by atoms with Gasteiger partial charge in [0, 0.05) is 22.8 Å². The Morgan fingerprint density at radius 1 is 1.36 bits per heavy atom. The standard InChI is InChI=1S/C20H28N4O2S2/c1-12-6-7-13-14(8-12)28-19-17(13)18(21-11-22-19)27-10-16(26)24(5)9-15(25)23-20(2,3)4/h11-12H,6-10H2,1-5H3,(H,23,25)/t12-/m0/s1. The summed E-state index contributed by atoms with van der Waals surface area (Å²) < 4.78 is 0. The number of aryl methyl sites for hydroxylation is 1. The predicted octanol–water partition coefficient (Wildman–Crippen LogP) is 3.28. The predicted molar refractivity (Wildman–Crippen MR) is 115 cm³/mol. The molecule has 2 aromatic heterocycles. The molecule has 0 unspecified atom stereocenters. The number of hydrogen-bond donors (Lipinski definition) is 1. The van der Waals surface area contributed by atoms with Crippen molar-refractivity contribution in [3.05, 3.63) is 16.8 Å². The van der Waals surface area contributed by atoms with Crippen LogP contribution in [0, 0.1) is 5.92 Å². The van der Waals surface area contributed by atoms with E-state index in [-0.39, 0.29) is 29.7 Å². The highest BCUT2D eigenvalue weighted by Gasteiger charge is 2.24. The van der Waals surface area contributed by atoms with E-state index < -0.39 is 0 Å². The van der Waals surface area contributed by atoms with Crippen LogP contribution in [0.3, 0.4) is 0 Å². The molecule has 0 bridgehead atoms. The minimum atomic E-state index is -0.308.